The topological polar surface area (TPSA) is 174 Å². The number of halogens is 1. The lowest BCUT2D eigenvalue weighted by Crippen LogP contribution is -2.59. The van der Waals surface area contributed by atoms with Gasteiger partial charge in [-0.1, -0.05) is 37.5 Å². The summed E-state index contributed by atoms with van der Waals surface area (Å²) in [6.07, 6.45) is 8.75. The van der Waals surface area contributed by atoms with E-state index in [9.17, 15) is 24.0 Å². The Morgan fingerprint density at radius 1 is 1.08 bits per heavy atom. The molecule has 1 aromatic rings. The summed E-state index contributed by atoms with van der Waals surface area (Å²) in [6, 6.07) is -0.297. The minimum Gasteiger partial charge on any atom is -0.496 e. The molecule has 3 heterocycles. The van der Waals surface area contributed by atoms with Crippen molar-refractivity contribution in [2.45, 2.75) is 102 Å². The first-order valence-corrected chi connectivity index (χ1v) is 18.0. The number of ketones is 1. The van der Waals surface area contributed by atoms with E-state index in [1.165, 1.54) is 19.1 Å². The monoisotopic (exact) mass is 741 g/mol. The van der Waals surface area contributed by atoms with Crippen LogP contribution in [-0.2, 0) is 33.5 Å². The Kier molecular flexibility index (Phi) is 12.1. The lowest BCUT2D eigenvalue weighted by atomic mass is 9.85. The number of nitrogens with zero attached hydrogens (tertiary/aromatic N) is 2. The number of hydrogen-bond acceptors (Lipinski definition) is 10. The van der Waals surface area contributed by atoms with Gasteiger partial charge in [-0.2, -0.15) is 0 Å². The second-order valence-corrected chi connectivity index (χ2v) is 15.5. The zero-order valence-corrected chi connectivity index (χ0v) is 31.1. The van der Waals surface area contributed by atoms with Gasteiger partial charge in [0.1, 0.15) is 29.6 Å². The van der Waals surface area contributed by atoms with Crippen LogP contribution in [0, 0.1) is 23.7 Å². The van der Waals surface area contributed by atoms with E-state index < -0.39 is 52.6 Å². The predicted molar refractivity (Wildman–Crippen MR) is 191 cm³/mol. The summed E-state index contributed by atoms with van der Waals surface area (Å²) >= 11 is 6.46. The molecule has 1 saturated carbocycles. The molecular weight excluding hydrogens is 694 g/mol. The first-order chi connectivity index (χ1) is 24.7. The van der Waals surface area contributed by atoms with Crippen LogP contribution in [0.3, 0.4) is 0 Å². The number of methoxy groups -OCH3 is 2. The van der Waals surface area contributed by atoms with Crippen molar-refractivity contribution < 1.29 is 43.0 Å². The van der Waals surface area contributed by atoms with Gasteiger partial charge in [-0.15, -0.1) is 12.3 Å². The molecule has 4 atom stereocenters. The van der Waals surface area contributed by atoms with E-state index in [0.29, 0.717) is 41.0 Å². The Morgan fingerprint density at radius 3 is 2.38 bits per heavy atom. The summed E-state index contributed by atoms with van der Waals surface area (Å²) in [5.74, 6) is 0.158. The Hall–Kier alpha value is -4.35. The number of oxime groups is 1. The number of amides is 4. The fourth-order valence-electron chi connectivity index (χ4n) is 6.84. The van der Waals surface area contributed by atoms with Crippen LogP contribution in [0.15, 0.2) is 17.3 Å². The van der Waals surface area contributed by atoms with Gasteiger partial charge < -0.3 is 39.9 Å². The molecule has 1 aromatic carbocycles. The van der Waals surface area contributed by atoms with Crippen LogP contribution < -0.4 is 25.4 Å². The molecule has 3 N–H and O–H groups in total. The molecule has 15 heteroatoms. The number of nitrogens with one attached hydrogen (secondary N) is 3. The van der Waals surface area contributed by atoms with Crippen molar-refractivity contribution in [1.29, 1.82) is 0 Å². The quantitative estimate of drug-likeness (QED) is 0.203. The highest BCUT2D eigenvalue weighted by Gasteiger charge is 2.56. The molecule has 0 bridgehead atoms. The van der Waals surface area contributed by atoms with Gasteiger partial charge in [0.15, 0.2) is 5.60 Å². The van der Waals surface area contributed by atoms with Gasteiger partial charge in [-0.3, -0.25) is 24.0 Å². The standard InChI is InChI=1S/C37H48ClN5O9/c1-7-8-25(31(45)34(47)39-22-9-10-22)40-33(46)27-19-37(18-26(42-52-37)23-16-24(38)29(50-6)17-28(23)49-5)20-43(27)35(48)32(36(2,3)4)41-30(44)15-21-11-13-51-14-12-21/h1,16-17,21-22,25,27,32H,8-15,18-20H2,2-6H3,(H,39,47)(H,40,46)(H,41,44)/t25-,27-,32+,37+/m0/s1. The average Bonchev–Trinajstić information content (AvgIpc) is 3.71. The minimum atomic E-state index is -1.32. The normalized spacial score (nSPS) is 22.8. The van der Waals surface area contributed by atoms with Crippen LogP contribution in [0.1, 0.15) is 77.7 Å². The van der Waals surface area contributed by atoms with Gasteiger partial charge in [-0.25, -0.2) is 0 Å². The van der Waals surface area contributed by atoms with Crippen molar-refractivity contribution in [3.05, 3.63) is 22.7 Å². The molecule has 1 aliphatic carbocycles. The fourth-order valence-corrected chi connectivity index (χ4v) is 7.08. The lowest BCUT2D eigenvalue weighted by Gasteiger charge is -2.36. The number of rotatable bonds is 13. The molecule has 4 amide bonds. The summed E-state index contributed by atoms with van der Waals surface area (Å²) in [5.41, 5.74) is -0.893. The molecule has 2 saturated heterocycles. The van der Waals surface area contributed by atoms with Crippen LogP contribution in [0.25, 0.3) is 0 Å². The van der Waals surface area contributed by atoms with Gasteiger partial charge in [0.2, 0.25) is 23.5 Å². The van der Waals surface area contributed by atoms with Crippen molar-refractivity contribution in [2.75, 3.05) is 34.0 Å². The number of Topliss-reactive ketones (excluding diaryl/α,β-unsaturated/α-hetero) is 1. The highest BCUT2D eigenvalue weighted by atomic mass is 35.5. The number of carbonyl (C=O) groups excluding carboxylic acids is 5. The van der Waals surface area contributed by atoms with Crippen molar-refractivity contribution in [2.24, 2.45) is 16.5 Å². The van der Waals surface area contributed by atoms with Crippen LogP contribution in [0.5, 0.6) is 11.5 Å². The van der Waals surface area contributed by atoms with E-state index >= 15 is 0 Å². The van der Waals surface area contributed by atoms with E-state index in [4.69, 9.17) is 37.1 Å². The molecule has 0 unspecified atom stereocenters. The number of terminal acetylenes is 1. The van der Waals surface area contributed by atoms with Gasteiger partial charge in [0.25, 0.3) is 5.91 Å². The first kappa shape index (κ1) is 38.9. The maximum atomic E-state index is 14.6. The van der Waals surface area contributed by atoms with Gasteiger partial charge in [-0.05, 0) is 43.1 Å². The number of carbonyl (C=O) groups is 5. The summed E-state index contributed by atoms with van der Waals surface area (Å²) in [5, 5.41) is 12.9. The summed E-state index contributed by atoms with van der Waals surface area (Å²) < 4.78 is 16.4. The predicted octanol–water partition coefficient (Wildman–Crippen LogP) is 2.52. The third-order valence-corrected chi connectivity index (χ3v) is 10.2. The number of likely N-dealkylation sites (tertiary alicyclic amines) is 1. The molecule has 5 rings (SSSR count). The minimum absolute atomic E-state index is 0.0120. The van der Waals surface area contributed by atoms with E-state index in [-0.39, 0.29) is 50.1 Å². The zero-order valence-electron chi connectivity index (χ0n) is 30.3. The summed E-state index contributed by atoms with van der Waals surface area (Å²) in [4.78, 5) is 75.4. The van der Waals surface area contributed by atoms with Crippen LogP contribution >= 0.6 is 11.6 Å². The molecule has 4 aliphatic rings. The van der Waals surface area contributed by atoms with E-state index in [1.54, 1.807) is 12.1 Å². The first-order valence-electron chi connectivity index (χ1n) is 17.6. The molecule has 1 spiro atoms. The van der Waals surface area contributed by atoms with Gasteiger partial charge in [0.05, 0.1) is 31.5 Å². The Bertz CT molecular complexity index is 1640. The maximum Gasteiger partial charge on any atom is 0.289 e. The molecule has 3 aliphatic heterocycles. The number of hydrogen-bond donors (Lipinski definition) is 3. The second-order valence-electron chi connectivity index (χ2n) is 15.1. The van der Waals surface area contributed by atoms with Crippen molar-refractivity contribution in [3.8, 4) is 23.8 Å². The van der Waals surface area contributed by atoms with E-state index in [2.05, 4.69) is 27.0 Å². The smallest absolute Gasteiger partial charge is 0.289 e. The van der Waals surface area contributed by atoms with Crippen molar-refractivity contribution >= 4 is 46.7 Å². The molecular formula is C37H48ClN5O9. The van der Waals surface area contributed by atoms with Crippen LogP contribution in [0.4, 0.5) is 0 Å². The summed E-state index contributed by atoms with van der Waals surface area (Å²) in [7, 11) is 2.98. The van der Waals surface area contributed by atoms with Crippen LogP contribution in [0.2, 0.25) is 5.02 Å². The largest absolute Gasteiger partial charge is 0.496 e. The van der Waals surface area contributed by atoms with E-state index in [0.717, 1.165) is 25.7 Å². The SMILES string of the molecule is C#CC[C@H](NC(=O)[C@@H]1C[C@]2(CC(c3cc(Cl)c(OC)cc3OC)=NO2)CN1C(=O)[C@@H](NC(=O)CC1CCOCC1)C(C)(C)C)C(=O)C(=O)NC1CC1. The Balaban J connectivity index is 1.42. The zero-order chi connectivity index (χ0) is 37.8. The molecule has 3 fully saturated rings. The molecule has 52 heavy (non-hydrogen) atoms. The third-order valence-electron chi connectivity index (χ3n) is 9.93. The van der Waals surface area contributed by atoms with Gasteiger partial charge >= 0.3 is 0 Å². The molecule has 0 radical (unpaired) electrons. The van der Waals surface area contributed by atoms with E-state index in [1.807, 2.05) is 20.8 Å². The maximum absolute atomic E-state index is 14.6. The number of benzene rings is 1. The number of ether oxygens (including phenoxy) is 3. The fraction of sp³-hybridized carbons (Fsp3) is 0.622. The lowest BCUT2D eigenvalue weighted by molar-refractivity contribution is -0.145. The second kappa shape index (κ2) is 16.1. The van der Waals surface area contributed by atoms with Crippen LogP contribution in [-0.4, -0.2) is 104 Å². The average molecular weight is 742 g/mol. The summed E-state index contributed by atoms with van der Waals surface area (Å²) in [6.45, 7) is 6.59. The molecule has 282 valence electrons. The highest BCUT2D eigenvalue weighted by molar-refractivity contribution is 6.38. The molecule has 14 nitrogen and oxygen atoms in total. The Labute approximate surface area is 309 Å². The van der Waals surface area contributed by atoms with Crippen molar-refractivity contribution in [1.82, 2.24) is 20.9 Å². The third kappa shape index (κ3) is 8.98. The van der Waals surface area contributed by atoms with Crippen molar-refractivity contribution in [3.63, 3.8) is 0 Å². The molecule has 0 aromatic heterocycles. The Morgan fingerprint density at radius 2 is 1.77 bits per heavy atom. The highest BCUT2D eigenvalue weighted by Crippen LogP contribution is 2.42. The van der Waals surface area contributed by atoms with Gasteiger partial charge in [0, 0.05) is 56.6 Å².